The molecule has 2 aromatic heterocycles. The van der Waals surface area contributed by atoms with Crippen LogP contribution in [0.25, 0.3) is 10.9 Å². The van der Waals surface area contributed by atoms with Crippen LogP contribution in [-0.2, 0) is 6.61 Å². The minimum atomic E-state index is -0.141. The van der Waals surface area contributed by atoms with Gasteiger partial charge in [-0.1, -0.05) is 19.9 Å². The predicted molar refractivity (Wildman–Crippen MR) is 99.0 cm³/mol. The van der Waals surface area contributed by atoms with E-state index in [0.29, 0.717) is 29.8 Å². The number of rotatable bonds is 7. The number of benzene rings is 1. The summed E-state index contributed by atoms with van der Waals surface area (Å²) in [5.74, 6) is 1.48. The van der Waals surface area contributed by atoms with E-state index in [2.05, 4.69) is 23.8 Å². The molecular weight excluding hydrogens is 330 g/mol. The monoisotopic (exact) mass is 353 g/mol. The molecule has 1 amide bonds. The average molecular weight is 353 g/mol. The maximum Gasteiger partial charge on any atom is 0.275 e. The van der Waals surface area contributed by atoms with Gasteiger partial charge in [-0.15, -0.1) is 0 Å². The number of ether oxygens (including phenoxy) is 1. The molecule has 0 aliphatic rings. The first-order chi connectivity index (χ1) is 12.5. The zero-order valence-corrected chi connectivity index (χ0v) is 15.3. The standard InChI is InChI=1S/C20H23N3O3/c1-14(2)8-10-23(3)20(24)18-12-26-19(22-18)13-25-16-6-7-17-15(11-16)5-4-9-21-17/h4-7,9,11-12,14H,8,10,13H2,1-3H3. The highest BCUT2D eigenvalue weighted by molar-refractivity contribution is 5.91. The number of fused-ring (bicyclic) bond motifs is 1. The zero-order valence-electron chi connectivity index (χ0n) is 15.3. The summed E-state index contributed by atoms with van der Waals surface area (Å²) in [6.07, 6.45) is 4.09. The second-order valence-corrected chi connectivity index (χ2v) is 6.68. The van der Waals surface area contributed by atoms with Crippen LogP contribution in [0, 0.1) is 5.92 Å². The largest absolute Gasteiger partial charge is 0.484 e. The fraction of sp³-hybridized carbons (Fsp3) is 0.350. The van der Waals surface area contributed by atoms with Gasteiger partial charge >= 0.3 is 0 Å². The minimum absolute atomic E-state index is 0.141. The van der Waals surface area contributed by atoms with Gasteiger partial charge in [0.05, 0.1) is 5.52 Å². The van der Waals surface area contributed by atoms with Crippen molar-refractivity contribution in [3.05, 3.63) is 54.4 Å². The maximum atomic E-state index is 12.3. The Kier molecular flexibility index (Phi) is 5.51. The number of pyridine rings is 1. The number of hydrogen-bond donors (Lipinski definition) is 0. The smallest absolute Gasteiger partial charge is 0.275 e. The fourth-order valence-corrected chi connectivity index (χ4v) is 2.51. The number of oxazole rings is 1. The van der Waals surface area contributed by atoms with Crippen LogP contribution in [-0.4, -0.2) is 34.4 Å². The van der Waals surface area contributed by atoms with E-state index < -0.39 is 0 Å². The van der Waals surface area contributed by atoms with Crippen molar-refractivity contribution in [2.24, 2.45) is 5.92 Å². The summed E-state index contributed by atoms with van der Waals surface area (Å²) in [5.41, 5.74) is 1.21. The van der Waals surface area contributed by atoms with Gasteiger partial charge in [0.2, 0.25) is 5.89 Å². The Morgan fingerprint density at radius 2 is 2.15 bits per heavy atom. The van der Waals surface area contributed by atoms with E-state index in [1.807, 2.05) is 30.3 Å². The third-order valence-electron chi connectivity index (χ3n) is 4.10. The van der Waals surface area contributed by atoms with Gasteiger partial charge in [0, 0.05) is 25.2 Å². The van der Waals surface area contributed by atoms with Crippen LogP contribution in [0.4, 0.5) is 0 Å². The van der Waals surface area contributed by atoms with E-state index in [4.69, 9.17) is 9.15 Å². The molecular formula is C20H23N3O3. The molecule has 1 aromatic carbocycles. The number of aromatic nitrogens is 2. The highest BCUT2D eigenvalue weighted by Crippen LogP contribution is 2.20. The lowest BCUT2D eigenvalue weighted by atomic mass is 10.1. The molecule has 0 aliphatic heterocycles. The molecule has 0 atom stereocenters. The van der Waals surface area contributed by atoms with Crippen LogP contribution in [0.15, 0.2) is 47.2 Å². The summed E-state index contributed by atoms with van der Waals surface area (Å²) in [5, 5.41) is 1.00. The van der Waals surface area contributed by atoms with Crippen LogP contribution in [0.3, 0.4) is 0 Å². The zero-order chi connectivity index (χ0) is 18.5. The summed E-state index contributed by atoms with van der Waals surface area (Å²) in [4.78, 5) is 22.5. The molecule has 26 heavy (non-hydrogen) atoms. The minimum Gasteiger partial charge on any atom is -0.484 e. The Morgan fingerprint density at radius 1 is 1.31 bits per heavy atom. The molecule has 3 rings (SSSR count). The van der Waals surface area contributed by atoms with Crippen LogP contribution in [0.1, 0.15) is 36.6 Å². The SMILES string of the molecule is CC(C)CCN(C)C(=O)c1coc(COc2ccc3ncccc3c2)n1. The predicted octanol–water partition coefficient (Wildman–Crippen LogP) is 3.92. The summed E-state index contributed by atoms with van der Waals surface area (Å²) in [6, 6.07) is 9.53. The van der Waals surface area contributed by atoms with E-state index in [-0.39, 0.29) is 12.5 Å². The number of hydrogen-bond acceptors (Lipinski definition) is 5. The summed E-state index contributed by atoms with van der Waals surface area (Å²) in [6.45, 7) is 5.12. The Balaban J connectivity index is 1.60. The van der Waals surface area contributed by atoms with E-state index in [0.717, 1.165) is 17.3 Å². The lowest BCUT2D eigenvalue weighted by Gasteiger charge is -2.16. The molecule has 0 spiro atoms. The molecule has 0 bridgehead atoms. The lowest BCUT2D eigenvalue weighted by Crippen LogP contribution is -2.28. The topological polar surface area (TPSA) is 68.5 Å². The average Bonchev–Trinajstić information content (AvgIpc) is 3.12. The van der Waals surface area contributed by atoms with Gasteiger partial charge in [0.15, 0.2) is 12.3 Å². The highest BCUT2D eigenvalue weighted by atomic mass is 16.5. The van der Waals surface area contributed by atoms with Gasteiger partial charge in [0.25, 0.3) is 5.91 Å². The Hall–Kier alpha value is -2.89. The van der Waals surface area contributed by atoms with Crippen molar-refractivity contribution in [2.45, 2.75) is 26.9 Å². The molecule has 0 unspecified atom stereocenters. The van der Waals surface area contributed by atoms with Crippen molar-refractivity contribution in [3.63, 3.8) is 0 Å². The van der Waals surface area contributed by atoms with Gasteiger partial charge in [-0.2, -0.15) is 0 Å². The quantitative estimate of drug-likeness (QED) is 0.644. The molecule has 6 heteroatoms. The van der Waals surface area contributed by atoms with E-state index >= 15 is 0 Å². The summed E-state index contributed by atoms with van der Waals surface area (Å²) >= 11 is 0. The number of carbonyl (C=O) groups excluding carboxylic acids is 1. The first-order valence-corrected chi connectivity index (χ1v) is 8.70. The van der Waals surface area contributed by atoms with Crippen molar-refractivity contribution < 1.29 is 13.9 Å². The molecule has 0 radical (unpaired) electrons. The molecule has 0 saturated heterocycles. The van der Waals surface area contributed by atoms with Crippen molar-refractivity contribution >= 4 is 16.8 Å². The number of carbonyl (C=O) groups is 1. The first kappa shape index (κ1) is 17.9. The molecule has 0 aliphatic carbocycles. The van der Waals surface area contributed by atoms with Gasteiger partial charge in [0.1, 0.15) is 12.0 Å². The Labute approximate surface area is 152 Å². The molecule has 0 saturated carbocycles. The van der Waals surface area contributed by atoms with Crippen molar-refractivity contribution in [2.75, 3.05) is 13.6 Å². The van der Waals surface area contributed by atoms with Gasteiger partial charge in [-0.3, -0.25) is 9.78 Å². The second-order valence-electron chi connectivity index (χ2n) is 6.68. The third-order valence-corrected chi connectivity index (χ3v) is 4.10. The van der Waals surface area contributed by atoms with Gasteiger partial charge in [-0.05, 0) is 36.6 Å². The number of nitrogens with zero attached hydrogens (tertiary/aromatic N) is 3. The Morgan fingerprint density at radius 3 is 2.96 bits per heavy atom. The maximum absolute atomic E-state index is 12.3. The fourth-order valence-electron chi connectivity index (χ4n) is 2.51. The van der Waals surface area contributed by atoms with E-state index in [1.165, 1.54) is 6.26 Å². The third kappa shape index (κ3) is 4.39. The van der Waals surface area contributed by atoms with Crippen LogP contribution in [0.5, 0.6) is 5.75 Å². The van der Waals surface area contributed by atoms with E-state index in [1.54, 1.807) is 18.1 Å². The summed E-state index contributed by atoms with van der Waals surface area (Å²) in [7, 11) is 1.78. The van der Waals surface area contributed by atoms with Crippen LogP contribution >= 0.6 is 0 Å². The molecule has 0 fully saturated rings. The normalized spacial score (nSPS) is 11.1. The van der Waals surface area contributed by atoms with Crippen molar-refractivity contribution in [1.82, 2.24) is 14.9 Å². The molecule has 2 heterocycles. The first-order valence-electron chi connectivity index (χ1n) is 8.70. The van der Waals surface area contributed by atoms with Crippen LogP contribution in [0.2, 0.25) is 0 Å². The summed E-state index contributed by atoms with van der Waals surface area (Å²) < 4.78 is 11.1. The van der Waals surface area contributed by atoms with Crippen LogP contribution < -0.4 is 4.74 Å². The second kappa shape index (κ2) is 7.99. The molecule has 136 valence electrons. The van der Waals surface area contributed by atoms with E-state index in [9.17, 15) is 4.79 Å². The Bertz CT molecular complexity index is 889. The van der Waals surface area contributed by atoms with Gasteiger partial charge < -0.3 is 14.1 Å². The molecule has 3 aromatic rings. The van der Waals surface area contributed by atoms with Crippen molar-refractivity contribution in [3.8, 4) is 5.75 Å². The number of amides is 1. The molecule has 6 nitrogen and oxygen atoms in total. The lowest BCUT2D eigenvalue weighted by molar-refractivity contribution is 0.0783. The molecule has 0 N–H and O–H groups in total. The van der Waals surface area contributed by atoms with Gasteiger partial charge in [-0.25, -0.2) is 4.98 Å². The van der Waals surface area contributed by atoms with Crippen molar-refractivity contribution in [1.29, 1.82) is 0 Å². The highest BCUT2D eigenvalue weighted by Gasteiger charge is 2.17.